The summed E-state index contributed by atoms with van der Waals surface area (Å²) >= 11 is 0. The fourth-order valence-electron chi connectivity index (χ4n) is 2.64. The highest BCUT2D eigenvalue weighted by molar-refractivity contribution is 6.39. The van der Waals surface area contributed by atoms with Crippen molar-refractivity contribution in [3.8, 4) is 0 Å². The van der Waals surface area contributed by atoms with Crippen LogP contribution in [-0.4, -0.2) is 29.5 Å². The number of rotatable bonds is 5. The van der Waals surface area contributed by atoms with Crippen molar-refractivity contribution in [1.29, 1.82) is 0 Å². The van der Waals surface area contributed by atoms with E-state index >= 15 is 0 Å². The van der Waals surface area contributed by atoms with Crippen molar-refractivity contribution in [3.63, 3.8) is 0 Å². The third-order valence-corrected chi connectivity index (χ3v) is 4.00. The van der Waals surface area contributed by atoms with Crippen molar-refractivity contribution in [3.05, 3.63) is 29.8 Å². The zero-order valence-corrected chi connectivity index (χ0v) is 14.6. The Morgan fingerprint density at radius 2 is 1.72 bits per heavy atom. The second-order valence-electron chi connectivity index (χ2n) is 6.33. The maximum Gasteiger partial charge on any atom is 0.329 e. The summed E-state index contributed by atoms with van der Waals surface area (Å²) in [6.07, 6.45) is 4.40. The highest BCUT2D eigenvalue weighted by Crippen LogP contribution is 2.17. The van der Waals surface area contributed by atoms with Gasteiger partial charge in [-0.2, -0.15) is 5.10 Å². The Morgan fingerprint density at radius 3 is 2.36 bits per heavy atom. The number of nitrogens with one attached hydrogen (secondary N) is 3. The number of nitrogens with zero attached hydrogens (tertiary/aromatic N) is 1. The number of hydrogen-bond donors (Lipinski definition) is 3. The lowest BCUT2D eigenvalue weighted by Gasteiger charge is -2.11. The predicted molar refractivity (Wildman–Crippen MR) is 96.1 cm³/mol. The number of hydrazone groups is 1. The number of anilines is 1. The molecule has 134 valence electrons. The summed E-state index contributed by atoms with van der Waals surface area (Å²) in [5.41, 5.74) is 4.19. The Hall–Kier alpha value is -2.70. The summed E-state index contributed by atoms with van der Waals surface area (Å²) in [5.74, 6) is -1.81. The second kappa shape index (κ2) is 8.96. The molecule has 0 heterocycles. The van der Waals surface area contributed by atoms with Crippen LogP contribution < -0.4 is 16.1 Å². The molecule has 0 unspecified atom stereocenters. The van der Waals surface area contributed by atoms with Gasteiger partial charge in [-0.05, 0) is 38.8 Å². The fraction of sp³-hybridized carbons (Fsp3) is 0.444. The molecule has 0 aliphatic heterocycles. The molecule has 0 bridgehead atoms. The Balaban J connectivity index is 1.76. The van der Waals surface area contributed by atoms with E-state index in [2.05, 4.69) is 21.2 Å². The van der Waals surface area contributed by atoms with Gasteiger partial charge in [-0.15, -0.1) is 0 Å². The van der Waals surface area contributed by atoms with Crippen molar-refractivity contribution < 1.29 is 14.4 Å². The average molecular weight is 344 g/mol. The molecule has 1 aromatic carbocycles. The summed E-state index contributed by atoms with van der Waals surface area (Å²) in [6, 6.07) is 7.33. The van der Waals surface area contributed by atoms with E-state index in [-0.39, 0.29) is 18.4 Å². The minimum Gasteiger partial charge on any atom is -0.353 e. The molecule has 1 saturated carbocycles. The number of amides is 3. The Bertz CT molecular complexity index is 661. The Labute approximate surface area is 147 Å². The first-order chi connectivity index (χ1) is 11.9. The van der Waals surface area contributed by atoms with Gasteiger partial charge in [0.25, 0.3) is 0 Å². The summed E-state index contributed by atoms with van der Waals surface area (Å²) in [6.45, 7) is 3.56. The van der Waals surface area contributed by atoms with Crippen LogP contribution >= 0.6 is 0 Å². The van der Waals surface area contributed by atoms with Crippen LogP contribution in [0.1, 0.15) is 44.6 Å². The molecule has 0 saturated heterocycles. The van der Waals surface area contributed by atoms with E-state index in [1.54, 1.807) is 19.1 Å². The van der Waals surface area contributed by atoms with Crippen LogP contribution in [0.25, 0.3) is 0 Å². The Morgan fingerprint density at radius 1 is 1.08 bits per heavy atom. The number of carbonyl (C=O) groups excluding carboxylic acids is 3. The lowest BCUT2D eigenvalue weighted by Crippen LogP contribution is -2.35. The van der Waals surface area contributed by atoms with Gasteiger partial charge in [-0.3, -0.25) is 14.4 Å². The molecule has 3 amide bonds. The van der Waals surface area contributed by atoms with Crippen LogP contribution in [0.4, 0.5) is 5.69 Å². The van der Waals surface area contributed by atoms with E-state index in [0.717, 1.165) is 31.2 Å². The van der Waals surface area contributed by atoms with E-state index in [4.69, 9.17) is 0 Å². The molecule has 2 rings (SSSR count). The van der Waals surface area contributed by atoms with Crippen LogP contribution in [0.5, 0.6) is 0 Å². The van der Waals surface area contributed by atoms with Gasteiger partial charge in [0.15, 0.2) is 0 Å². The van der Waals surface area contributed by atoms with E-state index < -0.39 is 11.8 Å². The maximum atomic E-state index is 11.9. The molecule has 7 nitrogen and oxygen atoms in total. The SMILES string of the molecule is CC(CC(=O)NC1CCCC1)=NNC(=O)C(=O)Nc1ccc(C)cc1. The molecule has 0 radical (unpaired) electrons. The zero-order chi connectivity index (χ0) is 18.2. The van der Waals surface area contributed by atoms with E-state index in [1.807, 2.05) is 19.1 Å². The van der Waals surface area contributed by atoms with Gasteiger partial charge in [-0.1, -0.05) is 30.5 Å². The van der Waals surface area contributed by atoms with Gasteiger partial charge in [0.1, 0.15) is 0 Å². The molecule has 1 aromatic rings. The van der Waals surface area contributed by atoms with Gasteiger partial charge in [-0.25, -0.2) is 5.43 Å². The zero-order valence-electron chi connectivity index (χ0n) is 14.6. The van der Waals surface area contributed by atoms with Crippen molar-refractivity contribution in [2.24, 2.45) is 5.10 Å². The standard InChI is InChI=1S/C18H24N4O3/c1-12-7-9-15(10-8-12)20-17(24)18(25)22-21-13(2)11-16(23)19-14-5-3-4-6-14/h7-10,14H,3-6,11H2,1-2H3,(H,19,23)(H,20,24)(H,22,25). The van der Waals surface area contributed by atoms with Crippen LogP contribution in [0.3, 0.4) is 0 Å². The van der Waals surface area contributed by atoms with Gasteiger partial charge in [0.05, 0.1) is 6.42 Å². The monoisotopic (exact) mass is 344 g/mol. The third kappa shape index (κ3) is 6.37. The van der Waals surface area contributed by atoms with Crippen LogP contribution in [-0.2, 0) is 14.4 Å². The normalized spacial score (nSPS) is 14.9. The van der Waals surface area contributed by atoms with Crippen molar-refractivity contribution in [2.45, 2.75) is 52.0 Å². The first-order valence-electron chi connectivity index (χ1n) is 8.44. The lowest BCUT2D eigenvalue weighted by molar-refractivity contribution is -0.136. The quantitative estimate of drug-likeness (QED) is 0.432. The van der Waals surface area contributed by atoms with Gasteiger partial charge in [0.2, 0.25) is 5.91 Å². The Kier molecular flexibility index (Phi) is 6.68. The molecule has 0 atom stereocenters. The summed E-state index contributed by atoms with van der Waals surface area (Å²) in [4.78, 5) is 35.4. The largest absolute Gasteiger partial charge is 0.353 e. The molecule has 1 aliphatic rings. The number of hydrogen-bond acceptors (Lipinski definition) is 4. The molecule has 3 N–H and O–H groups in total. The summed E-state index contributed by atoms with van der Waals surface area (Å²) in [5, 5.41) is 9.24. The minimum absolute atomic E-state index is 0.0936. The second-order valence-corrected chi connectivity index (χ2v) is 6.33. The van der Waals surface area contributed by atoms with Crippen molar-refractivity contribution in [2.75, 3.05) is 5.32 Å². The summed E-state index contributed by atoms with van der Waals surface area (Å²) < 4.78 is 0. The van der Waals surface area contributed by atoms with Gasteiger partial charge in [0, 0.05) is 17.4 Å². The molecule has 7 heteroatoms. The van der Waals surface area contributed by atoms with E-state index in [9.17, 15) is 14.4 Å². The topological polar surface area (TPSA) is 99.7 Å². The highest BCUT2D eigenvalue weighted by atomic mass is 16.2. The van der Waals surface area contributed by atoms with Crippen molar-refractivity contribution >= 4 is 29.1 Å². The predicted octanol–water partition coefficient (Wildman–Crippen LogP) is 1.87. The number of carbonyl (C=O) groups is 3. The van der Waals surface area contributed by atoms with Crippen LogP contribution in [0.15, 0.2) is 29.4 Å². The average Bonchev–Trinajstić information content (AvgIpc) is 3.07. The smallest absolute Gasteiger partial charge is 0.329 e. The minimum atomic E-state index is -0.879. The maximum absolute atomic E-state index is 11.9. The molecule has 0 spiro atoms. The molecular weight excluding hydrogens is 320 g/mol. The van der Waals surface area contributed by atoms with Crippen LogP contribution in [0.2, 0.25) is 0 Å². The fourth-order valence-corrected chi connectivity index (χ4v) is 2.64. The van der Waals surface area contributed by atoms with Gasteiger partial charge >= 0.3 is 11.8 Å². The highest BCUT2D eigenvalue weighted by Gasteiger charge is 2.17. The molecule has 25 heavy (non-hydrogen) atoms. The number of benzene rings is 1. The molecule has 0 aromatic heterocycles. The third-order valence-electron chi connectivity index (χ3n) is 4.00. The first-order valence-corrected chi connectivity index (χ1v) is 8.44. The van der Waals surface area contributed by atoms with E-state index in [1.165, 1.54) is 0 Å². The number of aryl methyl sites for hydroxylation is 1. The lowest BCUT2D eigenvalue weighted by atomic mass is 10.2. The first kappa shape index (κ1) is 18.6. The van der Waals surface area contributed by atoms with Gasteiger partial charge < -0.3 is 10.6 Å². The summed E-state index contributed by atoms with van der Waals surface area (Å²) in [7, 11) is 0. The molecule has 1 fully saturated rings. The molecular formula is C18H24N4O3. The van der Waals surface area contributed by atoms with Crippen LogP contribution in [0, 0.1) is 6.92 Å². The molecule has 1 aliphatic carbocycles. The van der Waals surface area contributed by atoms with Crippen molar-refractivity contribution in [1.82, 2.24) is 10.7 Å². The van der Waals surface area contributed by atoms with E-state index in [0.29, 0.717) is 11.4 Å².